The topological polar surface area (TPSA) is 112 Å². The first-order chi connectivity index (χ1) is 24.6. The molecular weight excluding hydrogens is 709 g/mol. The largest absolute Gasteiger partial charge is 0.356 e. The summed E-state index contributed by atoms with van der Waals surface area (Å²) in [6, 6.07) is 28.3. The van der Waals surface area contributed by atoms with E-state index in [2.05, 4.69) is 109 Å². The summed E-state index contributed by atoms with van der Waals surface area (Å²) in [5, 5.41) is 21.8. The number of amides is 3. The molecule has 3 amide bonds. The van der Waals surface area contributed by atoms with Crippen molar-refractivity contribution in [1.29, 1.82) is 0 Å². The quantitative estimate of drug-likeness (QED) is 0.0314. The van der Waals surface area contributed by atoms with Crippen molar-refractivity contribution in [2.75, 3.05) is 34.5 Å². The second-order valence-electron chi connectivity index (χ2n) is 12.4. The van der Waals surface area contributed by atoms with E-state index in [0.717, 1.165) is 68.0 Å². The number of benzene rings is 3. The molecule has 0 aliphatic carbocycles. The number of unbranched alkanes of at least 4 members (excludes halogenated alkanes) is 1. The maximum absolute atomic E-state index is 12.6. The molecule has 50 heavy (non-hydrogen) atoms. The Morgan fingerprint density at radius 1 is 0.880 bits per heavy atom. The van der Waals surface area contributed by atoms with Crippen molar-refractivity contribution in [3.8, 4) is 0 Å². The van der Waals surface area contributed by atoms with Crippen molar-refractivity contribution in [3.05, 3.63) is 99.8 Å². The fourth-order valence-electron chi connectivity index (χ4n) is 6.62. The molecule has 0 spiro atoms. The van der Waals surface area contributed by atoms with Gasteiger partial charge in [0.2, 0.25) is 5.91 Å². The molecule has 266 valence electrons. The molecule has 3 heterocycles. The van der Waals surface area contributed by atoms with Crippen LogP contribution in [0.25, 0.3) is 5.57 Å². The maximum Gasteiger partial charge on any atom is 0.315 e. The van der Waals surface area contributed by atoms with Crippen LogP contribution in [0.5, 0.6) is 0 Å². The predicted molar refractivity (Wildman–Crippen MR) is 210 cm³/mol. The first-order valence-corrected chi connectivity index (χ1v) is 21.1. The molecule has 3 atom stereocenters. The highest BCUT2D eigenvalue weighted by molar-refractivity contribution is 8.22. The number of hydrogen-bond acceptors (Lipinski definition) is 10. The van der Waals surface area contributed by atoms with Crippen LogP contribution < -0.4 is 20.9 Å². The molecule has 0 saturated carbocycles. The zero-order valence-corrected chi connectivity index (χ0v) is 31.1. The van der Waals surface area contributed by atoms with Gasteiger partial charge in [0.05, 0.1) is 12.1 Å². The second-order valence-corrected chi connectivity index (χ2v) is 16.9. The van der Waals surface area contributed by atoms with Gasteiger partial charge < -0.3 is 20.9 Å². The highest BCUT2D eigenvalue weighted by Gasteiger charge is 2.42. The van der Waals surface area contributed by atoms with Crippen LogP contribution in [0, 0.1) is 0 Å². The Kier molecular flexibility index (Phi) is 14.2. The Bertz CT molecular complexity index is 1560. The zero-order chi connectivity index (χ0) is 34.5. The molecule has 9 nitrogen and oxygen atoms in total. The summed E-state index contributed by atoms with van der Waals surface area (Å²) in [7, 11) is 0. The molecule has 13 heteroatoms. The van der Waals surface area contributed by atoms with Crippen molar-refractivity contribution >= 4 is 76.2 Å². The van der Waals surface area contributed by atoms with Crippen LogP contribution in [0.1, 0.15) is 55.2 Å². The highest BCUT2D eigenvalue weighted by Crippen LogP contribution is 2.50. The van der Waals surface area contributed by atoms with Gasteiger partial charge in [-0.05, 0) is 49.1 Å². The van der Waals surface area contributed by atoms with Crippen LogP contribution in [-0.2, 0) is 20.7 Å². The van der Waals surface area contributed by atoms with E-state index in [1.165, 1.54) is 37.9 Å². The fourth-order valence-corrected chi connectivity index (χ4v) is 11.2. The minimum atomic E-state index is -0.0532. The first-order valence-electron chi connectivity index (χ1n) is 17.2. The van der Waals surface area contributed by atoms with Crippen molar-refractivity contribution in [2.45, 2.75) is 62.4 Å². The first kappa shape index (κ1) is 37.0. The average Bonchev–Trinajstić information content (AvgIpc) is 3.70. The lowest BCUT2D eigenvalue weighted by Gasteiger charge is -2.35. The minimum absolute atomic E-state index is 0.0532. The Morgan fingerprint density at radius 2 is 1.58 bits per heavy atom. The van der Waals surface area contributed by atoms with Crippen LogP contribution >= 0.6 is 47.3 Å². The Labute approximate surface area is 311 Å². The minimum Gasteiger partial charge on any atom is -0.356 e. The molecule has 2 fully saturated rings. The number of anilines is 2. The Hall–Kier alpha value is -2.78. The molecule has 3 aliphatic rings. The molecule has 3 aromatic rings. The van der Waals surface area contributed by atoms with Crippen molar-refractivity contribution in [2.24, 2.45) is 0 Å². The Morgan fingerprint density at radius 3 is 2.32 bits per heavy atom. The number of hydrogen-bond donors (Lipinski definition) is 4. The van der Waals surface area contributed by atoms with Gasteiger partial charge in [0.25, 0.3) is 0 Å². The number of carbonyl (C=O) groups is 2. The summed E-state index contributed by atoms with van der Waals surface area (Å²) >= 11 is 6.71. The molecule has 0 aromatic heterocycles. The molecule has 3 aliphatic heterocycles. The van der Waals surface area contributed by atoms with E-state index >= 15 is 0 Å². The number of carbonyl (C=O) groups excluding carboxylic acids is 2. The van der Waals surface area contributed by atoms with E-state index in [9.17, 15) is 9.59 Å². The van der Waals surface area contributed by atoms with Crippen molar-refractivity contribution in [1.82, 2.24) is 16.0 Å². The monoisotopic (exact) mass is 752 g/mol. The third kappa shape index (κ3) is 9.75. The van der Waals surface area contributed by atoms with Crippen molar-refractivity contribution < 1.29 is 24.2 Å². The summed E-state index contributed by atoms with van der Waals surface area (Å²) < 4.78 is 5.85. The summed E-state index contributed by atoms with van der Waals surface area (Å²) in [6.07, 6.45) is 5.13. The lowest BCUT2D eigenvalue weighted by Crippen LogP contribution is -2.36. The van der Waals surface area contributed by atoms with Gasteiger partial charge in [-0.1, -0.05) is 78.2 Å². The molecule has 4 N–H and O–H groups in total. The predicted octanol–water partition coefficient (Wildman–Crippen LogP) is 8.21. The van der Waals surface area contributed by atoms with Gasteiger partial charge in [-0.25, -0.2) is 10.1 Å². The van der Waals surface area contributed by atoms with Gasteiger partial charge in [-0.15, -0.1) is 27.9 Å². The average molecular weight is 753 g/mol. The van der Waals surface area contributed by atoms with Crippen LogP contribution in [0.15, 0.2) is 83.1 Å². The van der Waals surface area contributed by atoms with Crippen LogP contribution in [0.2, 0.25) is 0 Å². The van der Waals surface area contributed by atoms with Crippen LogP contribution in [-0.4, -0.2) is 64.1 Å². The lowest BCUT2D eigenvalue weighted by molar-refractivity contribution is -0.432. The molecule has 1 unspecified atom stereocenters. The molecule has 3 aromatic carbocycles. The van der Waals surface area contributed by atoms with E-state index in [-0.39, 0.29) is 24.0 Å². The number of urea groups is 1. The molecule has 6 rings (SSSR count). The van der Waals surface area contributed by atoms with E-state index in [1.54, 1.807) is 0 Å². The summed E-state index contributed by atoms with van der Waals surface area (Å²) in [6.45, 7) is 1.42. The third-order valence-electron chi connectivity index (χ3n) is 8.96. The maximum atomic E-state index is 12.6. The number of rotatable bonds is 19. The normalized spacial score (nSPS) is 19.0. The second kappa shape index (κ2) is 19.2. The molecule has 0 radical (unpaired) electrons. The van der Waals surface area contributed by atoms with E-state index in [0.29, 0.717) is 24.0 Å². The van der Waals surface area contributed by atoms with E-state index < -0.39 is 0 Å². The fraction of sp³-hybridized carbons (Fsp3) is 0.405. The van der Waals surface area contributed by atoms with Gasteiger partial charge in [0.15, 0.2) is 0 Å². The number of nitrogens with one attached hydrogen (secondary N) is 3. The summed E-state index contributed by atoms with van der Waals surface area (Å²) in [5.41, 5.74) is 7.32. The molecular formula is C37H44N4O5S4. The van der Waals surface area contributed by atoms with E-state index in [4.69, 9.17) is 5.26 Å². The standard InChI is InChI=1S/C37H44N4O5S4/c42-33(19-9-8-18-32-35-29(25-49-32)39-37(43)40-35)38-20-10-21-47-36(48-22-11-23-50-46-45-44)34-27-14-4-6-16-30(27)41(24-26-12-2-1-3-13-26)31-17-7-5-15-28(31)34/h1-7,12-17,29,32,35,44H,8-11,18-25H2,(H,38,42)(H2,39,40,43)/t29-,32?,35-/m1/s1. The summed E-state index contributed by atoms with van der Waals surface area (Å²) in [4.78, 5) is 26.7. The number of para-hydroxylation sites is 2. The van der Waals surface area contributed by atoms with E-state index in [1.807, 2.05) is 35.3 Å². The number of nitrogens with zero attached hydrogens (tertiary/aromatic N) is 1. The van der Waals surface area contributed by atoms with Gasteiger partial charge in [0, 0.05) is 86.4 Å². The van der Waals surface area contributed by atoms with Gasteiger partial charge in [0.1, 0.15) is 0 Å². The highest BCUT2D eigenvalue weighted by atomic mass is 32.2. The third-order valence-corrected chi connectivity index (χ3v) is 13.7. The van der Waals surface area contributed by atoms with Crippen molar-refractivity contribution in [3.63, 3.8) is 0 Å². The van der Waals surface area contributed by atoms with Gasteiger partial charge >= 0.3 is 6.03 Å². The number of fused-ring (bicyclic) bond motifs is 3. The number of thioether (sulfide) groups is 3. The SMILES string of the molecule is O=C(CCCCC1SC[C@H]2NC(=O)N[C@@H]12)NCCCSC(SCCCSOOO)=C1c2ccccc2N(Cc2ccccc2)c2ccccc21. The Balaban J connectivity index is 1.07. The van der Waals surface area contributed by atoms with Gasteiger partial charge in [-0.3, -0.25) is 4.79 Å². The zero-order valence-electron chi connectivity index (χ0n) is 27.9. The smallest absolute Gasteiger partial charge is 0.315 e. The molecule has 0 bridgehead atoms. The van der Waals surface area contributed by atoms with Gasteiger partial charge in [-0.2, -0.15) is 11.8 Å². The van der Waals surface area contributed by atoms with Crippen LogP contribution in [0.3, 0.4) is 0 Å². The van der Waals surface area contributed by atoms with Crippen LogP contribution in [0.4, 0.5) is 16.2 Å². The molecule has 2 saturated heterocycles. The lowest BCUT2D eigenvalue weighted by atomic mass is 9.91. The summed E-state index contributed by atoms with van der Waals surface area (Å²) in [5.74, 6) is 3.52.